The van der Waals surface area contributed by atoms with Gasteiger partial charge in [0.1, 0.15) is 17.6 Å². The molecule has 2 saturated heterocycles. The normalized spacial score (nSPS) is 21.9. The molecule has 9 nitrogen and oxygen atoms in total. The fourth-order valence-electron chi connectivity index (χ4n) is 4.39. The van der Waals surface area contributed by atoms with Crippen molar-refractivity contribution in [1.82, 2.24) is 19.6 Å². The first-order chi connectivity index (χ1) is 14.9. The summed E-state index contributed by atoms with van der Waals surface area (Å²) in [5, 5.41) is 15.5. The molecule has 0 saturated carbocycles. The Bertz CT molecular complexity index is 1000. The molecule has 2 aliphatic rings. The lowest BCUT2D eigenvalue weighted by atomic mass is 9.98. The van der Waals surface area contributed by atoms with Gasteiger partial charge in [0.15, 0.2) is 0 Å². The van der Waals surface area contributed by atoms with Crippen LogP contribution in [0.25, 0.3) is 5.76 Å². The third-order valence-electron chi connectivity index (χ3n) is 6.08. The van der Waals surface area contributed by atoms with E-state index in [9.17, 15) is 14.7 Å². The Kier molecular flexibility index (Phi) is 5.97. The van der Waals surface area contributed by atoms with E-state index in [-0.39, 0.29) is 11.3 Å². The average Bonchev–Trinajstić information content (AvgIpc) is 3.43. The van der Waals surface area contributed by atoms with Gasteiger partial charge < -0.3 is 19.2 Å². The summed E-state index contributed by atoms with van der Waals surface area (Å²) in [5.41, 5.74) is 1.83. The Balaban J connectivity index is 1.66. The number of likely N-dealkylation sites (tertiary alicyclic amines) is 1. The summed E-state index contributed by atoms with van der Waals surface area (Å²) in [4.78, 5) is 29.8. The Morgan fingerprint density at radius 2 is 1.97 bits per heavy atom. The molecule has 1 N–H and O–H groups in total. The van der Waals surface area contributed by atoms with Crippen molar-refractivity contribution in [2.75, 3.05) is 39.4 Å². The minimum atomic E-state index is -0.765. The van der Waals surface area contributed by atoms with Gasteiger partial charge in [-0.1, -0.05) is 0 Å². The topological polar surface area (TPSA) is 101 Å². The molecular formula is C22H28N4O5. The second-order valence-corrected chi connectivity index (χ2v) is 7.98. The number of carbonyl (C=O) groups excluding carboxylic acids is 2. The lowest BCUT2D eigenvalue weighted by molar-refractivity contribution is -0.140. The molecule has 1 atom stereocenters. The van der Waals surface area contributed by atoms with Gasteiger partial charge >= 0.3 is 0 Å². The molecule has 2 aromatic heterocycles. The summed E-state index contributed by atoms with van der Waals surface area (Å²) in [6.07, 6.45) is 2.21. The number of furan rings is 1. The molecule has 0 aromatic carbocycles. The molecule has 9 heteroatoms. The zero-order chi connectivity index (χ0) is 22.1. The molecule has 2 aromatic rings. The highest BCUT2D eigenvalue weighted by molar-refractivity contribution is 6.46. The lowest BCUT2D eigenvalue weighted by Crippen LogP contribution is -2.38. The Morgan fingerprint density at radius 3 is 2.58 bits per heavy atom. The highest BCUT2D eigenvalue weighted by Crippen LogP contribution is 2.40. The largest absolute Gasteiger partial charge is 0.507 e. The van der Waals surface area contributed by atoms with Gasteiger partial charge in [-0.25, -0.2) is 0 Å². The van der Waals surface area contributed by atoms with Gasteiger partial charge in [0.2, 0.25) is 0 Å². The summed E-state index contributed by atoms with van der Waals surface area (Å²) in [6.45, 7) is 7.91. The van der Waals surface area contributed by atoms with Crippen LogP contribution in [-0.4, -0.2) is 75.8 Å². The van der Waals surface area contributed by atoms with Crippen molar-refractivity contribution >= 4 is 17.4 Å². The molecule has 2 aliphatic heterocycles. The van der Waals surface area contributed by atoms with E-state index in [1.807, 2.05) is 6.92 Å². The van der Waals surface area contributed by atoms with E-state index < -0.39 is 17.7 Å². The predicted octanol–water partition coefficient (Wildman–Crippen LogP) is 1.77. The molecular weight excluding hydrogens is 400 g/mol. The Morgan fingerprint density at radius 1 is 1.23 bits per heavy atom. The van der Waals surface area contributed by atoms with E-state index in [1.165, 1.54) is 11.2 Å². The number of aliphatic hydroxyl groups excluding tert-OH is 1. The first-order valence-electron chi connectivity index (χ1n) is 10.5. The maximum Gasteiger partial charge on any atom is 0.295 e. The number of aromatic nitrogens is 2. The van der Waals surface area contributed by atoms with Gasteiger partial charge in [-0.3, -0.25) is 19.2 Å². The summed E-state index contributed by atoms with van der Waals surface area (Å²) >= 11 is 0. The summed E-state index contributed by atoms with van der Waals surface area (Å²) in [5.74, 6) is -1.08. The first-order valence-corrected chi connectivity index (χ1v) is 10.5. The molecule has 31 heavy (non-hydrogen) atoms. The summed E-state index contributed by atoms with van der Waals surface area (Å²) in [6, 6.07) is 2.67. The van der Waals surface area contributed by atoms with E-state index in [4.69, 9.17) is 9.15 Å². The second kappa shape index (κ2) is 8.68. The van der Waals surface area contributed by atoms with Crippen molar-refractivity contribution in [3.8, 4) is 0 Å². The highest BCUT2D eigenvalue weighted by Gasteiger charge is 2.47. The van der Waals surface area contributed by atoms with Crippen LogP contribution < -0.4 is 0 Å². The van der Waals surface area contributed by atoms with Crippen molar-refractivity contribution in [3.05, 3.63) is 46.7 Å². The molecule has 1 amide bonds. The van der Waals surface area contributed by atoms with Crippen molar-refractivity contribution < 1.29 is 23.8 Å². The van der Waals surface area contributed by atoms with Crippen LogP contribution in [0.3, 0.4) is 0 Å². The highest BCUT2D eigenvalue weighted by atomic mass is 16.5. The molecule has 1 unspecified atom stereocenters. The number of hydrogen-bond donors (Lipinski definition) is 1. The van der Waals surface area contributed by atoms with Crippen LogP contribution in [0.4, 0.5) is 0 Å². The summed E-state index contributed by atoms with van der Waals surface area (Å²) < 4.78 is 12.6. The van der Waals surface area contributed by atoms with E-state index >= 15 is 0 Å². The predicted molar refractivity (Wildman–Crippen MR) is 112 cm³/mol. The van der Waals surface area contributed by atoms with Crippen LogP contribution in [0, 0.1) is 13.8 Å². The van der Waals surface area contributed by atoms with Crippen LogP contribution in [0.1, 0.15) is 35.2 Å². The van der Waals surface area contributed by atoms with Crippen LogP contribution in [-0.2, 0) is 21.4 Å². The Hall–Kier alpha value is -2.91. The number of rotatable bonds is 6. The van der Waals surface area contributed by atoms with E-state index in [1.54, 1.807) is 30.8 Å². The fourth-order valence-corrected chi connectivity index (χ4v) is 4.39. The number of amides is 1. The minimum absolute atomic E-state index is 0.0468. The maximum atomic E-state index is 13.0. The lowest BCUT2D eigenvalue weighted by Gasteiger charge is -2.28. The summed E-state index contributed by atoms with van der Waals surface area (Å²) in [7, 11) is 1.77. The number of nitrogens with zero attached hydrogens (tertiary/aromatic N) is 4. The van der Waals surface area contributed by atoms with Crippen molar-refractivity contribution in [2.45, 2.75) is 26.3 Å². The molecule has 0 aliphatic carbocycles. The SMILES string of the molecule is Cc1nn(C)c(C)c1C(O)=C1C(=O)C(=O)N(CCCN2CCOCC2)C1c1ccco1. The van der Waals surface area contributed by atoms with Crippen LogP contribution in [0.15, 0.2) is 28.4 Å². The number of morpholine rings is 1. The van der Waals surface area contributed by atoms with Crippen molar-refractivity contribution in [1.29, 1.82) is 0 Å². The first kappa shape index (κ1) is 21.3. The minimum Gasteiger partial charge on any atom is -0.507 e. The monoisotopic (exact) mass is 428 g/mol. The zero-order valence-corrected chi connectivity index (χ0v) is 18.1. The van der Waals surface area contributed by atoms with Gasteiger partial charge in [-0.15, -0.1) is 0 Å². The van der Waals surface area contributed by atoms with Gasteiger partial charge in [0.05, 0.1) is 36.3 Å². The van der Waals surface area contributed by atoms with Gasteiger partial charge in [0, 0.05) is 38.9 Å². The van der Waals surface area contributed by atoms with E-state index in [0.717, 1.165) is 19.6 Å². The standard InChI is InChI=1S/C22H28N4O5/c1-14-17(15(2)24(3)23-14)20(27)18-19(16-6-4-11-31-16)26(22(29)21(18)28)8-5-7-25-9-12-30-13-10-25/h4,6,11,19,27H,5,7-10,12-13H2,1-3H3. The number of aliphatic hydroxyl groups is 1. The van der Waals surface area contributed by atoms with E-state index in [2.05, 4.69) is 10.00 Å². The number of aryl methyl sites for hydroxylation is 2. The molecule has 0 spiro atoms. The van der Waals surface area contributed by atoms with Crippen LogP contribution in [0.5, 0.6) is 0 Å². The Labute approximate surface area is 180 Å². The third kappa shape index (κ3) is 3.90. The van der Waals surface area contributed by atoms with Gasteiger partial charge in [0.25, 0.3) is 11.7 Å². The van der Waals surface area contributed by atoms with Gasteiger partial charge in [-0.2, -0.15) is 5.10 Å². The molecule has 4 heterocycles. The molecule has 0 radical (unpaired) electrons. The molecule has 4 rings (SSSR count). The number of Topliss-reactive ketones (excluding diaryl/α,β-unsaturated/α-hetero) is 1. The van der Waals surface area contributed by atoms with E-state index in [0.29, 0.717) is 48.9 Å². The smallest absolute Gasteiger partial charge is 0.295 e. The average molecular weight is 428 g/mol. The molecule has 2 fully saturated rings. The molecule has 166 valence electrons. The second-order valence-electron chi connectivity index (χ2n) is 7.98. The number of hydrogen-bond acceptors (Lipinski definition) is 7. The van der Waals surface area contributed by atoms with Gasteiger partial charge in [-0.05, 0) is 32.4 Å². The quantitative estimate of drug-likeness (QED) is 0.425. The fraction of sp³-hybridized carbons (Fsp3) is 0.500. The zero-order valence-electron chi connectivity index (χ0n) is 18.1. The number of ketones is 1. The van der Waals surface area contributed by atoms with Crippen molar-refractivity contribution in [2.24, 2.45) is 7.05 Å². The maximum absolute atomic E-state index is 13.0. The third-order valence-corrected chi connectivity index (χ3v) is 6.08. The number of carbonyl (C=O) groups is 2. The number of ether oxygens (including phenoxy) is 1. The van der Waals surface area contributed by atoms with Crippen LogP contribution >= 0.6 is 0 Å². The molecule has 0 bridgehead atoms. The van der Waals surface area contributed by atoms with Crippen molar-refractivity contribution in [3.63, 3.8) is 0 Å². The van der Waals surface area contributed by atoms with Crippen LogP contribution in [0.2, 0.25) is 0 Å².